The highest BCUT2D eigenvalue weighted by molar-refractivity contribution is 5.30. The number of phenols is 1. The van der Waals surface area contributed by atoms with Crippen molar-refractivity contribution < 1.29 is 5.11 Å². The SMILES string of the molecule is CC1[C@H](C)[C@H](c2cccc(O)c2)CCN1C[C@@H](N)C1CCCCC1. The van der Waals surface area contributed by atoms with Gasteiger partial charge in [0.05, 0.1) is 0 Å². The number of rotatable bonds is 4. The fraction of sp³-hybridized carbons (Fsp3) is 0.714. The summed E-state index contributed by atoms with van der Waals surface area (Å²) in [4.78, 5) is 2.61. The number of hydrogen-bond acceptors (Lipinski definition) is 3. The lowest BCUT2D eigenvalue weighted by Crippen LogP contribution is -2.51. The van der Waals surface area contributed by atoms with Crippen molar-refractivity contribution in [3.8, 4) is 5.75 Å². The molecule has 1 unspecified atom stereocenters. The Morgan fingerprint density at radius 3 is 2.62 bits per heavy atom. The van der Waals surface area contributed by atoms with Crippen LogP contribution < -0.4 is 5.73 Å². The van der Waals surface area contributed by atoms with Crippen LogP contribution in [0.5, 0.6) is 5.75 Å². The van der Waals surface area contributed by atoms with E-state index < -0.39 is 0 Å². The van der Waals surface area contributed by atoms with Gasteiger partial charge in [0.2, 0.25) is 0 Å². The monoisotopic (exact) mass is 330 g/mol. The molecule has 1 aliphatic heterocycles. The second kappa shape index (κ2) is 7.88. The van der Waals surface area contributed by atoms with Crippen molar-refractivity contribution >= 4 is 0 Å². The molecule has 1 aromatic rings. The lowest BCUT2D eigenvalue weighted by Gasteiger charge is -2.45. The summed E-state index contributed by atoms with van der Waals surface area (Å²) in [6, 6.07) is 8.70. The number of aromatic hydroxyl groups is 1. The summed E-state index contributed by atoms with van der Waals surface area (Å²) < 4.78 is 0. The molecule has 0 radical (unpaired) electrons. The number of likely N-dealkylation sites (tertiary alicyclic amines) is 1. The third kappa shape index (κ3) is 3.94. The largest absolute Gasteiger partial charge is 0.508 e. The standard InChI is InChI=1S/C21H34N2O/c1-15-16(2)23(14-21(22)17-7-4-3-5-8-17)12-11-20(15)18-9-6-10-19(24)13-18/h6,9-10,13,15-17,20-21,24H,3-5,7-8,11-12,14,22H2,1-2H3/t15-,16?,20+,21+/m0/s1. The zero-order chi connectivity index (χ0) is 17.1. The number of piperidine rings is 1. The van der Waals surface area contributed by atoms with E-state index in [0.29, 0.717) is 29.7 Å². The van der Waals surface area contributed by atoms with Gasteiger partial charge in [-0.3, -0.25) is 4.90 Å². The van der Waals surface area contributed by atoms with E-state index in [1.165, 1.54) is 37.7 Å². The van der Waals surface area contributed by atoms with E-state index in [2.05, 4.69) is 24.8 Å². The van der Waals surface area contributed by atoms with Crippen molar-refractivity contribution in [1.82, 2.24) is 4.90 Å². The van der Waals surface area contributed by atoms with Gasteiger partial charge in [0.15, 0.2) is 0 Å². The molecule has 1 aromatic carbocycles. The smallest absolute Gasteiger partial charge is 0.115 e. The fourth-order valence-corrected chi connectivity index (χ4v) is 4.91. The Hall–Kier alpha value is -1.06. The molecule has 3 N–H and O–H groups in total. The van der Waals surface area contributed by atoms with Gasteiger partial charge in [-0.2, -0.15) is 0 Å². The number of phenolic OH excluding ortho intramolecular Hbond substituents is 1. The van der Waals surface area contributed by atoms with E-state index in [9.17, 15) is 5.11 Å². The first-order valence-corrected chi connectivity index (χ1v) is 9.85. The highest BCUT2D eigenvalue weighted by atomic mass is 16.3. The molecule has 4 atom stereocenters. The first kappa shape index (κ1) is 17.8. The van der Waals surface area contributed by atoms with Crippen molar-refractivity contribution in [2.45, 2.75) is 70.4 Å². The average molecular weight is 331 g/mol. The number of nitrogens with two attached hydrogens (primary N) is 1. The van der Waals surface area contributed by atoms with Crippen LogP contribution in [0.25, 0.3) is 0 Å². The Bertz CT molecular complexity index is 526. The van der Waals surface area contributed by atoms with Gasteiger partial charge in [-0.05, 0) is 68.2 Å². The third-order valence-corrected chi connectivity index (χ3v) is 6.70. The molecule has 2 fully saturated rings. The molecule has 0 spiro atoms. The van der Waals surface area contributed by atoms with E-state index in [-0.39, 0.29) is 0 Å². The lowest BCUT2D eigenvalue weighted by molar-refractivity contribution is 0.0795. The van der Waals surface area contributed by atoms with Crippen molar-refractivity contribution in [1.29, 1.82) is 0 Å². The van der Waals surface area contributed by atoms with Gasteiger partial charge >= 0.3 is 0 Å². The Morgan fingerprint density at radius 2 is 1.92 bits per heavy atom. The van der Waals surface area contributed by atoms with Gasteiger partial charge in [-0.25, -0.2) is 0 Å². The maximum Gasteiger partial charge on any atom is 0.115 e. The molecule has 3 rings (SSSR count). The van der Waals surface area contributed by atoms with Crippen LogP contribution in [0.15, 0.2) is 24.3 Å². The van der Waals surface area contributed by atoms with Gasteiger partial charge in [-0.15, -0.1) is 0 Å². The Kier molecular flexibility index (Phi) is 5.83. The topological polar surface area (TPSA) is 49.5 Å². The molecule has 24 heavy (non-hydrogen) atoms. The van der Waals surface area contributed by atoms with Crippen LogP contribution in [0.3, 0.4) is 0 Å². The van der Waals surface area contributed by atoms with Crippen LogP contribution in [-0.2, 0) is 0 Å². The maximum atomic E-state index is 9.78. The number of nitrogens with zero attached hydrogens (tertiary/aromatic N) is 1. The van der Waals surface area contributed by atoms with Gasteiger partial charge in [0.1, 0.15) is 5.75 Å². The highest BCUT2D eigenvalue weighted by Crippen LogP contribution is 2.38. The van der Waals surface area contributed by atoms with Crippen molar-refractivity contribution in [3.63, 3.8) is 0 Å². The minimum absolute atomic E-state index is 0.331. The predicted octanol–water partition coefficient (Wildman–Crippen LogP) is 4.11. The van der Waals surface area contributed by atoms with Crippen molar-refractivity contribution in [3.05, 3.63) is 29.8 Å². The summed E-state index contributed by atoms with van der Waals surface area (Å²) in [5, 5.41) is 9.78. The molecule has 134 valence electrons. The molecular weight excluding hydrogens is 296 g/mol. The van der Waals surface area contributed by atoms with E-state index in [0.717, 1.165) is 25.4 Å². The molecule has 1 saturated carbocycles. The fourth-order valence-electron chi connectivity index (χ4n) is 4.91. The normalized spacial score (nSPS) is 31.0. The summed E-state index contributed by atoms with van der Waals surface area (Å²) in [5.74, 6) is 2.23. The van der Waals surface area contributed by atoms with Crippen LogP contribution in [0, 0.1) is 11.8 Å². The molecule has 0 aromatic heterocycles. The molecular formula is C21H34N2O. The van der Waals surface area contributed by atoms with Crippen LogP contribution in [0.2, 0.25) is 0 Å². The Morgan fingerprint density at radius 1 is 1.17 bits per heavy atom. The first-order chi connectivity index (χ1) is 11.6. The molecule has 3 heteroatoms. The summed E-state index contributed by atoms with van der Waals surface area (Å²) in [7, 11) is 0. The van der Waals surface area contributed by atoms with Crippen LogP contribution in [-0.4, -0.2) is 35.2 Å². The van der Waals surface area contributed by atoms with Gasteiger partial charge < -0.3 is 10.8 Å². The van der Waals surface area contributed by atoms with Crippen LogP contribution in [0.4, 0.5) is 0 Å². The number of hydrogen-bond donors (Lipinski definition) is 2. The quantitative estimate of drug-likeness (QED) is 0.873. The molecule has 1 heterocycles. The minimum atomic E-state index is 0.331. The average Bonchev–Trinajstić information content (AvgIpc) is 2.60. The molecule has 1 saturated heterocycles. The Labute approximate surface area is 147 Å². The molecule has 3 nitrogen and oxygen atoms in total. The van der Waals surface area contributed by atoms with E-state index >= 15 is 0 Å². The highest BCUT2D eigenvalue weighted by Gasteiger charge is 2.34. The lowest BCUT2D eigenvalue weighted by atomic mass is 9.76. The zero-order valence-electron chi connectivity index (χ0n) is 15.3. The van der Waals surface area contributed by atoms with Crippen LogP contribution in [0.1, 0.15) is 63.9 Å². The maximum absolute atomic E-state index is 9.78. The second-order valence-corrected chi connectivity index (χ2v) is 8.15. The summed E-state index contributed by atoms with van der Waals surface area (Å²) >= 11 is 0. The van der Waals surface area contributed by atoms with Gasteiger partial charge in [-0.1, -0.05) is 38.3 Å². The minimum Gasteiger partial charge on any atom is -0.508 e. The molecule has 1 aliphatic carbocycles. The Balaban J connectivity index is 1.61. The van der Waals surface area contributed by atoms with E-state index in [1.54, 1.807) is 6.07 Å². The van der Waals surface area contributed by atoms with E-state index in [4.69, 9.17) is 5.73 Å². The van der Waals surface area contributed by atoms with Gasteiger partial charge in [0, 0.05) is 18.6 Å². The summed E-state index contributed by atoms with van der Waals surface area (Å²) in [6.45, 7) is 6.88. The summed E-state index contributed by atoms with van der Waals surface area (Å²) in [6.07, 6.45) is 7.93. The first-order valence-electron chi connectivity index (χ1n) is 9.85. The van der Waals surface area contributed by atoms with E-state index in [1.807, 2.05) is 12.1 Å². The molecule has 0 bridgehead atoms. The second-order valence-electron chi connectivity index (χ2n) is 8.15. The molecule has 0 amide bonds. The van der Waals surface area contributed by atoms with Crippen molar-refractivity contribution in [2.24, 2.45) is 17.6 Å². The van der Waals surface area contributed by atoms with Crippen LogP contribution >= 0.6 is 0 Å². The van der Waals surface area contributed by atoms with Crippen molar-refractivity contribution in [2.75, 3.05) is 13.1 Å². The zero-order valence-corrected chi connectivity index (χ0v) is 15.3. The predicted molar refractivity (Wildman–Crippen MR) is 100 cm³/mol. The molecule has 2 aliphatic rings. The number of benzene rings is 1. The summed E-state index contributed by atoms with van der Waals surface area (Å²) in [5.41, 5.74) is 7.86. The van der Waals surface area contributed by atoms with Gasteiger partial charge in [0.25, 0.3) is 0 Å². The third-order valence-electron chi connectivity index (χ3n) is 6.70.